The van der Waals surface area contributed by atoms with E-state index < -0.39 is 0 Å². The molecular formula is C14H18N2S. The van der Waals surface area contributed by atoms with Crippen molar-refractivity contribution in [2.75, 3.05) is 26.0 Å². The second-order valence-electron chi connectivity index (χ2n) is 4.22. The van der Waals surface area contributed by atoms with Crippen LogP contribution in [-0.4, -0.2) is 21.1 Å². The summed E-state index contributed by atoms with van der Waals surface area (Å²) in [5.74, 6) is 0. The zero-order valence-electron chi connectivity index (χ0n) is 10.5. The average Bonchev–Trinajstić information content (AvgIpc) is 2.84. The SMILES string of the molecule is CNC(c1ccc(N(C)C)cc1)c1cccs1. The molecule has 0 aliphatic rings. The highest BCUT2D eigenvalue weighted by molar-refractivity contribution is 7.10. The van der Waals surface area contributed by atoms with E-state index in [4.69, 9.17) is 0 Å². The van der Waals surface area contributed by atoms with E-state index in [-0.39, 0.29) is 0 Å². The molecule has 1 aromatic heterocycles. The van der Waals surface area contributed by atoms with Gasteiger partial charge in [0.25, 0.3) is 0 Å². The number of hydrogen-bond donors (Lipinski definition) is 1. The molecule has 0 aliphatic carbocycles. The van der Waals surface area contributed by atoms with Crippen LogP contribution in [0.25, 0.3) is 0 Å². The molecule has 1 heterocycles. The highest BCUT2D eigenvalue weighted by atomic mass is 32.1. The van der Waals surface area contributed by atoms with Crippen molar-refractivity contribution in [2.45, 2.75) is 6.04 Å². The fourth-order valence-corrected chi connectivity index (χ4v) is 2.76. The first-order chi connectivity index (χ1) is 8.22. The van der Waals surface area contributed by atoms with Gasteiger partial charge in [0.15, 0.2) is 0 Å². The van der Waals surface area contributed by atoms with Crippen LogP contribution in [0.1, 0.15) is 16.5 Å². The van der Waals surface area contributed by atoms with Crippen molar-refractivity contribution >= 4 is 17.0 Å². The van der Waals surface area contributed by atoms with E-state index in [2.05, 4.69) is 66.1 Å². The molecule has 0 aliphatic heterocycles. The lowest BCUT2D eigenvalue weighted by Gasteiger charge is -2.17. The van der Waals surface area contributed by atoms with Crippen LogP contribution in [0.3, 0.4) is 0 Å². The summed E-state index contributed by atoms with van der Waals surface area (Å²) in [6.45, 7) is 0. The average molecular weight is 246 g/mol. The van der Waals surface area contributed by atoms with Crippen molar-refractivity contribution < 1.29 is 0 Å². The van der Waals surface area contributed by atoms with Gasteiger partial charge in [0, 0.05) is 24.7 Å². The van der Waals surface area contributed by atoms with Crippen molar-refractivity contribution in [3.05, 3.63) is 52.2 Å². The van der Waals surface area contributed by atoms with Crippen molar-refractivity contribution in [3.8, 4) is 0 Å². The molecule has 0 fully saturated rings. The van der Waals surface area contributed by atoms with E-state index in [0.29, 0.717) is 6.04 Å². The van der Waals surface area contributed by atoms with Crippen LogP contribution in [0, 0.1) is 0 Å². The fraction of sp³-hybridized carbons (Fsp3) is 0.286. The minimum absolute atomic E-state index is 0.297. The van der Waals surface area contributed by atoms with Crippen molar-refractivity contribution in [3.63, 3.8) is 0 Å². The molecule has 1 N–H and O–H groups in total. The first kappa shape index (κ1) is 12.1. The standard InChI is InChI=1S/C14H18N2S/c1-15-14(13-5-4-10-17-13)11-6-8-12(9-7-11)16(2)3/h4-10,14-15H,1-3H3. The molecule has 0 spiro atoms. The van der Waals surface area contributed by atoms with Gasteiger partial charge in [-0.2, -0.15) is 0 Å². The molecule has 1 unspecified atom stereocenters. The Morgan fingerprint density at radius 2 is 1.82 bits per heavy atom. The molecule has 3 heteroatoms. The Hall–Kier alpha value is -1.32. The van der Waals surface area contributed by atoms with Crippen molar-refractivity contribution in [2.24, 2.45) is 0 Å². The summed E-state index contributed by atoms with van der Waals surface area (Å²) in [5, 5.41) is 5.49. The molecule has 1 aromatic carbocycles. The molecule has 0 amide bonds. The summed E-state index contributed by atoms with van der Waals surface area (Å²) in [6, 6.07) is 13.3. The first-order valence-electron chi connectivity index (χ1n) is 5.70. The molecular weight excluding hydrogens is 228 g/mol. The van der Waals surface area contributed by atoms with Crippen LogP contribution in [0.5, 0.6) is 0 Å². The van der Waals surface area contributed by atoms with Gasteiger partial charge >= 0.3 is 0 Å². The van der Waals surface area contributed by atoms with Crippen LogP contribution in [0.2, 0.25) is 0 Å². The molecule has 0 saturated carbocycles. The molecule has 17 heavy (non-hydrogen) atoms. The summed E-state index contributed by atoms with van der Waals surface area (Å²) < 4.78 is 0. The van der Waals surface area contributed by atoms with Crippen LogP contribution in [0.4, 0.5) is 5.69 Å². The van der Waals surface area contributed by atoms with E-state index in [1.165, 1.54) is 16.1 Å². The lowest BCUT2D eigenvalue weighted by atomic mass is 10.1. The van der Waals surface area contributed by atoms with Crippen molar-refractivity contribution in [1.82, 2.24) is 5.32 Å². The summed E-state index contributed by atoms with van der Waals surface area (Å²) in [4.78, 5) is 3.47. The van der Waals surface area contributed by atoms with Crippen LogP contribution >= 0.6 is 11.3 Å². The lowest BCUT2D eigenvalue weighted by Crippen LogP contribution is -2.16. The molecule has 1 atom stereocenters. The van der Waals surface area contributed by atoms with Crippen molar-refractivity contribution in [1.29, 1.82) is 0 Å². The molecule has 2 rings (SSSR count). The Morgan fingerprint density at radius 1 is 1.12 bits per heavy atom. The normalized spacial score (nSPS) is 12.4. The lowest BCUT2D eigenvalue weighted by molar-refractivity contribution is 0.704. The second kappa shape index (κ2) is 5.34. The third-order valence-corrected chi connectivity index (χ3v) is 3.80. The Kier molecular flexibility index (Phi) is 3.82. The number of nitrogens with one attached hydrogen (secondary N) is 1. The number of anilines is 1. The van der Waals surface area contributed by atoms with E-state index in [1.807, 2.05) is 7.05 Å². The predicted octanol–water partition coefficient (Wildman–Crippen LogP) is 3.12. The smallest absolute Gasteiger partial charge is 0.0668 e. The monoisotopic (exact) mass is 246 g/mol. The summed E-state index contributed by atoms with van der Waals surface area (Å²) in [7, 11) is 6.12. The van der Waals surface area contributed by atoms with Crippen LogP contribution in [-0.2, 0) is 0 Å². The highest BCUT2D eigenvalue weighted by Gasteiger charge is 2.12. The molecule has 0 radical (unpaired) electrons. The van der Waals surface area contributed by atoms with E-state index >= 15 is 0 Å². The van der Waals surface area contributed by atoms with Gasteiger partial charge < -0.3 is 10.2 Å². The Bertz CT molecular complexity index is 446. The zero-order valence-corrected chi connectivity index (χ0v) is 11.3. The van der Waals surface area contributed by atoms with Crippen LogP contribution < -0.4 is 10.2 Å². The third kappa shape index (κ3) is 2.68. The molecule has 0 saturated heterocycles. The molecule has 2 nitrogen and oxygen atoms in total. The molecule has 2 aromatic rings. The Morgan fingerprint density at radius 3 is 2.29 bits per heavy atom. The maximum absolute atomic E-state index is 3.37. The highest BCUT2D eigenvalue weighted by Crippen LogP contribution is 2.26. The summed E-state index contributed by atoms with van der Waals surface area (Å²) in [5.41, 5.74) is 2.54. The topological polar surface area (TPSA) is 15.3 Å². The van der Waals surface area contributed by atoms with Gasteiger partial charge in [-0.1, -0.05) is 18.2 Å². The third-order valence-electron chi connectivity index (χ3n) is 2.86. The van der Waals surface area contributed by atoms with Gasteiger partial charge in [0.05, 0.1) is 6.04 Å². The molecule has 90 valence electrons. The van der Waals surface area contributed by atoms with Gasteiger partial charge in [0.2, 0.25) is 0 Å². The predicted molar refractivity (Wildman–Crippen MR) is 76.0 cm³/mol. The second-order valence-corrected chi connectivity index (χ2v) is 5.20. The molecule has 0 bridgehead atoms. The minimum atomic E-state index is 0.297. The van der Waals surface area contributed by atoms with Gasteiger partial charge in [-0.3, -0.25) is 0 Å². The number of benzene rings is 1. The fourth-order valence-electron chi connectivity index (χ4n) is 1.89. The summed E-state index contributed by atoms with van der Waals surface area (Å²) >= 11 is 1.79. The maximum atomic E-state index is 3.37. The van der Waals surface area contributed by atoms with E-state index in [9.17, 15) is 0 Å². The first-order valence-corrected chi connectivity index (χ1v) is 6.58. The number of hydrogen-bond acceptors (Lipinski definition) is 3. The van der Waals surface area contributed by atoms with Gasteiger partial charge in [-0.25, -0.2) is 0 Å². The van der Waals surface area contributed by atoms with Gasteiger partial charge in [-0.15, -0.1) is 11.3 Å². The Labute approximate surface area is 107 Å². The minimum Gasteiger partial charge on any atom is -0.378 e. The quantitative estimate of drug-likeness (QED) is 0.891. The van der Waals surface area contributed by atoms with Gasteiger partial charge in [-0.05, 0) is 36.2 Å². The van der Waals surface area contributed by atoms with E-state index in [0.717, 1.165) is 0 Å². The van der Waals surface area contributed by atoms with Gasteiger partial charge in [0.1, 0.15) is 0 Å². The number of thiophene rings is 1. The van der Waals surface area contributed by atoms with E-state index in [1.54, 1.807) is 11.3 Å². The number of nitrogens with zero attached hydrogens (tertiary/aromatic N) is 1. The Balaban J connectivity index is 2.26. The summed E-state index contributed by atoms with van der Waals surface area (Å²) in [6.07, 6.45) is 0. The van der Waals surface area contributed by atoms with Crippen LogP contribution in [0.15, 0.2) is 41.8 Å². The zero-order chi connectivity index (χ0) is 12.3. The maximum Gasteiger partial charge on any atom is 0.0668 e. The number of rotatable bonds is 4. The largest absolute Gasteiger partial charge is 0.378 e.